The van der Waals surface area contributed by atoms with Gasteiger partial charge < -0.3 is 25.0 Å². The minimum Gasteiger partial charge on any atom is -0.374 e. The average molecular weight is 327 g/mol. The van der Waals surface area contributed by atoms with E-state index < -0.39 is 5.91 Å². The monoisotopic (exact) mass is 327 g/mol. The van der Waals surface area contributed by atoms with Crippen molar-refractivity contribution >= 4 is 11.8 Å². The van der Waals surface area contributed by atoms with Gasteiger partial charge in [0.05, 0.1) is 25.4 Å². The molecule has 0 aromatic carbocycles. The molecule has 1 saturated carbocycles. The molecule has 2 N–H and O–H groups in total. The van der Waals surface area contributed by atoms with Crippen molar-refractivity contribution in [1.29, 1.82) is 0 Å². The number of rotatable bonds is 7. The lowest BCUT2D eigenvalue weighted by Crippen LogP contribution is -2.50. The van der Waals surface area contributed by atoms with E-state index in [4.69, 9.17) is 15.2 Å². The summed E-state index contributed by atoms with van der Waals surface area (Å²) in [6, 6.07) is 0. The van der Waals surface area contributed by atoms with E-state index in [9.17, 15) is 9.59 Å². The molecule has 1 atom stereocenters. The number of hydrogen-bond acceptors (Lipinski definition) is 5. The minimum absolute atomic E-state index is 0.0144. The Kier molecular flexibility index (Phi) is 7.26. The van der Waals surface area contributed by atoms with Crippen LogP contribution in [0.2, 0.25) is 0 Å². The molecule has 1 aliphatic heterocycles. The average Bonchev–Trinajstić information content (AvgIpc) is 2.52. The summed E-state index contributed by atoms with van der Waals surface area (Å²) in [5.74, 6) is -0.702. The van der Waals surface area contributed by atoms with Crippen LogP contribution in [-0.4, -0.2) is 80.3 Å². The van der Waals surface area contributed by atoms with Gasteiger partial charge in [-0.15, -0.1) is 0 Å². The molecule has 1 saturated heterocycles. The zero-order valence-corrected chi connectivity index (χ0v) is 14.0. The minimum atomic E-state index is -0.514. The highest BCUT2D eigenvalue weighted by Crippen LogP contribution is 2.20. The summed E-state index contributed by atoms with van der Waals surface area (Å²) in [5, 5.41) is 0. The van der Waals surface area contributed by atoms with Gasteiger partial charge in [-0.05, 0) is 19.9 Å². The number of primary amides is 1. The molecule has 0 radical (unpaired) electrons. The molecule has 23 heavy (non-hydrogen) atoms. The van der Waals surface area contributed by atoms with Gasteiger partial charge in [-0.2, -0.15) is 0 Å². The van der Waals surface area contributed by atoms with E-state index in [1.807, 2.05) is 7.05 Å². The maximum atomic E-state index is 12.4. The van der Waals surface area contributed by atoms with Gasteiger partial charge in [0.1, 0.15) is 6.61 Å². The number of hydrogen-bond donors (Lipinski definition) is 1. The SMILES string of the molecule is CN1CCOC(CN(CC(N)=O)C(=O)COC2CCCCC2)C1. The Morgan fingerprint density at radius 1 is 1.30 bits per heavy atom. The summed E-state index contributed by atoms with van der Waals surface area (Å²) in [4.78, 5) is 27.3. The van der Waals surface area contributed by atoms with Gasteiger partial charge in [-0.25, -0.2) is 0 Å². The van der Waals surface area contributed by atoms with Crippen LogP contribution < -0.4 is 5.73 Å². The summed E-state index contributed by atoms with van der Waals surface area (Å²) in [6.45, 7) is 2.56. The number of carbonyl (C=O) groups is 2. The molecule has 0 aromatic rings. The first-order chi connectivity index (χ1) is 11.0. The van der Waals surface area contributed by atoms with E-state index >= 15 is 0 Å². The molecule has 0 bridgehead atoms. The van der Waals surface area contributed by atoms with Gasteiger partial charge in [0, 0.05) is 19.6 Å². The van der Waals surface area contributed by atoms with Crippen LogP contribution in [0.4, 0.5) is 0 Å². The molecule has 0 spiro atoms. The van der Waals surface area contributed by atoms with Gasteiger partial charge in [0.15, 0.2) is 0 Å². The summed E-state index contributed by atoms with van der Waals surface area (Å²) in [7, 11) is 2.02. The van der Waals surface area contributed by atoms with E-state index in [0.717, 1.165) is 38.8 Å². The Balaban J connectivity index is 1.82. The fourth-order valence-electron chi connectivity index (χ4n) is 3.18. The van der Waals surface area contributed by atoms with E-state index in [1.54, 1.807) is 0 Å². The van der Waals surface area contributed by atoms with Crippen molar-refractivity contribution in [2.24, 2.45) is 5.73 Å². The Morgan fingerprint density at radius 2 is 2.04 bits per heavy atom. The van der Waals surface area contributed by atoms with Crippen LogP contribution in [0.5, 0.6) is 0 Å². The highest BCUT2D eigenvalue weighted by molar-refractivity contribution is 5.84. The number of amides is 2. The summed E-state index contributed by atoms with van der Waals surface area (Å²) >= 11 is 0. The number of likely N-dealkylation sites (N-methyl/N-ethyl adjacent to an activating group) is 1. The first kappa shape index (κ1) is 18.2. The van der Waals surface area contributed by atoms with Crippen LogP contribution in [0.25, 0.3) is 0 Å². The Hall–Kier alpha value is -1.18. The number of nitrogens with zero attached hydrogens (tertiary/aromatic N) is 2. The maximum Gasteiger partial charge on any atom is 0.249 e. The molecule has 2 fully saturated rings. The highest BCUT2D eigenvalue weighted by atomic mass is 16.5. The molecule has 7 nitrogen and oxygen atoms in total. The Bertz CT molecular complexity index is 399. The topological polar surface area (TPSA) is 85.1 Å². The summed E-state index contributed by atoms with van der Waals surface area (Å²) < 4.78 is 11.4. The Morgan fingerprint density at radius 3 is 2.70 bits per heavy atom. The van der Waals surface area contributed by atoms with Gasteiger partial charge in [-0.1, -0.05) is 19.3 Å². The van der Waals surface area contributed by atoms with Gasteiger partial charge >= 0.3 is 0 Å². The largest absolute Gasteiger partial charge is 0.374 e. The number of ether oxygens (including phenoxy) is 2. The van der Waals surface area contributed by atoms with Gasteiger partial charge in [-0.3, -0.25) is 9.59 Å². The predicted octanol–water partition coefficient (Wildman–Crippen LogP) is -0.0198. The molecule has 2 aliphatic rings. The zero-order valence-electron chi connectivity index (χ0n) is 14.0. The van der Waals surface area contributed by atoms with Crippen LogP contribution in [0.3, 0.4) is 0 Å². The standard InChI is InChI=1S/C16H29N3O4/c1-18-7-8-22-14(9-18)10-19(11-15(17)20)16(21)12-23-13-5-3-2-4-6-13/h13-14H,2-12H2,1H3,(H2,17,20). The van der Waals surface area contributed by atoms with Crippen molar-refractivity contribution in [3.05, 3.63) is 0 Å². The molecule has 1 unspecified atom stereocenters. The van der Waals surface area contributed by atoms with Crippen molar-refractivity contribution in [2.45, 2.75) is 44.3 Å². The second-order valence-corrected chi connectivity index (χ2v) is 6.57. The molecule has 132 valence electrons. The first-order valence-corrected chi connectivity index (χ1v) is 8.52. The molecule has 0 aromatic heterocycles. The van der Waals surface area contributed by atoms with E-state index in [0.29, 0.717) is 13.2 Å². The number of morpholine rings is 1. The molecular weight excluding hydrogens is 298 g/mol. The van der Waals surface area contributed by atoms with Crippen LogP contribution in [0.15, 0.2) is 0 Å². The lowest BCUT2D eigenvalue weighted by atomic mass is 9.98. The van der Waals surface area contributed by atoms with Crippen LogP contribution in [0, 0.1) is 0 Å². The number of carbonyl (C=O) groups excluding carboxylic acids is 2. The van der Waals surface area contributed by atoms with Gasteiger partial charge in [0.2, 0.25) is 11.8 Å². The zero-order chi connectivity index (χ0) is 16.7. The fourth-order valence-corrected chi connectivity index (χ4v) is 3.18. The molecule has 2 rings (SSSR count). The van der Waals surface area contributed by atoms with E-state index in [1.165, 1.54) is 11.3 Å². The third-order valence-electron chi connectivity index (χ3n) is 4.46. The van der Waals surface area contributed by atoms with Crippen LogP contribution >= 0.6 is 0 Å². The van der Waals surface area contributed by atoms with Crippen molar-refractivity contribution in [3.8, 4) is 0 Å². The smallest absolute Gasteiger partial charge is 0.249 e. The second-order valence-electron chi connectivity index (χ2n) is 6.57. The Labute approximate surface area is 138 Å². The van der Waals surface area contributed by atoms with Crippen molar-refractivity contribution in [3.63, 3.8) is 0 Å². The maximum absolute atomic E-state index is 12.4. The predicted molar refractivity (Wildman–Crippen MR) is 85.8 cm³/mol. The van der Waals surface area contributed by atoms with E-state index in [-0.39, 0.29) is 31.3 Å². The second kappa shape index (κ2) is 9.20. The highest BCUT2D eigenvalue weighted by Gasteiger charge is 2.25. The normalized spacial score (nSPS) is 23.6. The molecule has 7 heteroatoms. The molecule has 1 heterocycles. The lowest BCUT2D eigenvalue weighted by molar-refractivity contribution is -0.144. The van der Waals surface area contributed by atoms with Crippen LogP contribution in [-0.2, 0) is 19.1 Å². The van der Waals surface area contributed by atoms with Crippen molar-refractivity contribution in [2.75, 3.05) is 46.4 Å². The van der Waals surface area contributed by atoms with Crippen LogP contribution in [0.1, 0.15) is 32.1 Å². The quantitative estimate of drug-likeness (QED) is 0.710. The van der Waals surface area contributed by atoms with Gasteiger partial charge in [0.25, 0.3) is 0 Å². The molecule has 1 aliphatic carbocycles. The third-order valence-corrected chi connectivity index (χ3v) is 4.46. The third kappa shape index (κ3) is 6.45. The lowest BCUT2D eigenvalue weighted by Gasteiger charge is -2.33. The summed E-state index contributed by atoms with van der Waals surface area (Å²) in [5.41, 5.74) is 5.28. The van der Waals surface area contributed by atoms with E-state index in [2.05, 4.69) is 4.90 Å². The first-order valence-electron chi connectivity index (χ1n) is 8.52. The number of nitrogens with two attached hydrogens (primary N) is 1. The molecular formula is C16H29N3O4. The van der Waals surface area contributed by atoms with Crippen molar-refractivity contribution < 1.29 is 19.1 Å². The van der Waals surface area contributed by atoms with Crippen molar-refractivity contribution in [1.82, 2.24) is 9.80 Å². The fraction of sp³-hybridized carbons (Fsp3) is 0.875. The molecule has 2 amide bonds. The summed E-state index contributed by atoms with van der Waals surface area (Å²) in [6.07, 6.45) is 5.66.